The average Bonchev–Trinajstić information content (AvgIpc) is 4.16. The molecule has 32 nitrogen and oxygen atoms in total. The summed E-state index contributed by atoms with van der Waals surface area (Å²) < 4.78 is 85.5. The van der Waals surface area contributed by atoms with E-state index in [9.17, 15) is 48.0 Å². The number of allylic oxidation sites excluding steroid dienone is 1. The third-order valence-corrected chi connectivity index (χ3v) is 13.7. The number of ether oxygens (including phenoxy) is 6. The van der Waals surface area contributed by atoms with Crippen LogP contribution in [0.25, 0.3) is 22.3 Å². The topological polar surface area (TPSA) is 433 Å². The van der Waals surface area contributed by atoms with Gasteiger partial charge >= 0.3 is 15.6 Å². The maximum Gasteiger partial charge on any atom is 0.472 e. The predicted octanol–water partition coefficient (Wildman–Crippen LogP) is -1.82. The molecule has 4 aromatic rings. The van der Waals surface area contributed by atoms with Crippen molar-refractivity contribution in [3.8, 4) is 0 Å². The van der Waals surface area contributed by atoms with Crippen molar-refractivity contribution in [3.63, 3.8) is 0 Å². The van der Waals surface area contributed by atoms with Gasteiger partial charge in [0.2, 0.25) is 17.8 Å². The monoisotopic (exact) mass is 1080 g/mol. The first-order valence-electron chi connectivity index (χ1n) is 22.9. The molecule has 4 aromatic heterocycles. The van der Waals surface area contributed by atoms with Gasteiger partial charge in [-0.15, -0.1) is 0 Å². The number of H-pyrrole nitrogens is 2. The van der Waals surface area contributed by atoms with Crippen molar-refractivity contribution in [2.75, 3.05) is 84.1 Å². The van der Waals surface area contributed by atoms with Gasteiger partial charge in [0.15, 0.2) is 34.8 Å². The van der Waals surface area contributed by atoms with Gasteiger partial charge in [0.25, 0.3) is 17.0 Å². The number of fused-ring (bicyclic) bond motifs is 4. The quantitative estimate of drug-likeness (QED) is 0.0317. The fourth-order valence-corrected chi connectivity index (χ4v) is 10.2. The molecule has 0 bridgehead atoms. The van der Waals surface area contributed by atoms with Crippen LogP contribution in [-0.2, 0) is 70.0 Å². The molecule has 0 spiro atoms. The van der Waals surface area contributed by atoms with Crippen LogP contribution in [0.5, 0.6) is 0 Å². The lowest BCUT2D eigenvalue weighted by atomic mass is 10.1. The number of aromatic nitrogens is 8. The maximum atomic E-state index is 13.8. The Balaban J connectivity index is 0.827. The Labute approximate surface area is 417 Å². The standard InChI is InChI=1S/C40H54N12O20P2/c1-21-4-5-26(55)50(21)8-6-22(53)3-2-9-63-11-13-65-15-16-66-14-12-64-10-7-25(54)45-27-31-23(69-37(27)51-19-43-28-33(51)46-39(41)48-35(28)57)17-67-74(61,62)72-32-24(18-68-73(59,60)71-31)70-38(30(32)56)52-20-44-29-34(52)47-40(42)49-36(29)58/h4-5,19-20,23-24,27,30-32,37-38,56H,1-3,6-18H2,(H,45,54)(H,59,60)(H,61,62)(H3,41,46,48,57)(H3,42,47,49,58)/t23-,24-,27?,30?,31+,32+,37-,38-/m1/s1. The molecule has 0 aliphatic carbocycles. The molecule has 404 valence electrons. The van der Waals surface area contributed by atoms with Gasteiger partial charge in [0.1, 0.15) is 42.3 Å². The minimum Gasteiger partial charge on any atom is -0.386 e. The Hall–Kier alpha value is -5.67. The summed E-state index contributed by atoms with van der Waals surface area (Å²) in [7, 11) is -10.5. The number of nitrogens with two attached hydrogens (primary N) is 2. The Morgan fingerprint density at radius 2 is 1.26 bits per heavy atom. The van der Waals surface area contributed by atoms with Crippen molar-refractivity contribution in [2.24, 2.45) is 0 Å². The number of aliphatic hydroxyl groups is 1. The normalized spacial score (nSPS) is 28.4. The zero-order valence-corrected chi connectivity index (χ0v) is 41.0. The average molecular weight is 1080 g/mol. The van der Waals surface area contributed by atoms with Crippen molar-refractivity contribution in [1.82, 2.24) is 49.3 Å². The number of nitrogen functional groups attached to an aromatic ring is 2. The predicted molar refractivity (Wildman–Crippen MR) is 249 cm³/mol. The van der Waals surface area contributed by atoms with Crippen LogP contribution in [-0.4, -0.2) is 186 Å². The summed E-state index contributed by atoms with van der Waals surface area (Å²) >= 11 is 0. The van der Waals surface area contributed by atoms with Gasteiger partial charge in [-0.25, -0.2) is 19.1 Å². The molecule has 3 saturated heterocycles. The smallest absolute Gasteiger partial charge is 0.386 e. The van der Waals surface area contributed by atoms with Gasteiger partial charge in [-0.3, -0.25) is 61.2 Å². The number of hydrogen-bond acceptors (Lipinski definition) is 24. The highest BCUT2D eigenvalue weighted by atomic mass is 31.2. The van der Waals surface area contributed by atoms with Crippen molar-refractivity contribution >= 4 is 67.5 Å². The molecule has 0 radical (unpaired) electrons. The second-order valence-corrected chi connectivity index (χ2v) is 19.7. The molecule has 3 fully saturated rings. The summed E-state index contributed by atoms with van der Waals surface area (Å²) in [5.41, 5.74) is 9.95. The number of phosphoric acid groups is 2. The molecule has 2 amide bonds. The number of nitrogens with one attached hydrogen (secondary N) is 3. The van der Waals surface area contributed by atoms with E-state index in [-0.39, 0.29) is 91.8 Å². The lowest BCUT2D eigenvalue weighted by molar-refractivity contribution is -0.125. The summed E-state index contributed by atoms with van der Waals surface area (Å²) in [5.74, 6) is -1.48. The molecule has 74 heavy (non-hydrogen) atoms. The number of amides is 2. The van der Waals surface area contributed by atoms with Gasteiger partial charge in [-0.05, 0) is 12.5 Å². The molecule has 4 unspecified atom stereocenters. The van der Waals surface area contributed by atoms with Crippen LogP contribution in [0.1, 0.15) is 38.1 Å². The number of phosphoric ester groups is 2. The number of anilines is 2. The zero-order valence-electron chi connectivity index (χ0n) is 39.2. The molecular weight excluding hydrogens is 1030 g/mol. The lowest BCUT2D eigenvalue weighted by Crippen LogP contribution is -2.48. The highest BCUT2D eigenvalue weighted by molar-refractivity contribution is 7.47. The van der Waals surface area contributed by atoms with Crippen LogP contribution in [0.2, 0.25) is 0 Å². The van der Waals surface area contributed by atoms with E-state index < -0.39 is 94.9 Å². The molecule has 8 heterocycles. The highest BCUT2D eigenvalue weighted by Crippen LogP contribution is 2.53. The molecular formula is C40H54N12O20P2. The lowest BCUT2D eigenvalue weighted by Gasteiger charge is -2.29. The number of imidazole rings is 2. The molecule has 8 rings (SSSR count). The van der Waals surface area contributed by atoms with Gasteiger partial charge in [-0.2, -0.15) is 9.97 Å². The van der Waals surface area contributed by atoms with E-state index in [0.29, 0.717) is 44.9 Å². The molecule has 10 atom stereocenters. The Kier molecular flexibility index (Phi) is 17.6. The number of hydrogen-bond donors (Lipinski definition) is 8. The largest absolute Gasteiger partial charge is 0.472 e. The maximum absolute atomic E-state index is 13.8. The molecule has 34 heteroatoms. The first-order chi connectivity index (χ1) is 35.4. The van der Waals surface area contributed by atoms with Crippen molar-refractivity contribution in [1.29, 1.82) is 0 Å². The summed E-state index contributed by atoms with van der Waals surface area (Å²) in [6.45, 7) is 3.80. The van der Waals surface area contributed by atoms with E-state index in [4.69, 9.17) is 58.0 Å². The van der Waals surface area contributed by atoms with E-state index in [1.807, 2.05) is 0 Å². The number of aliphatic hydroxyl groups excluding tert-OH is 1. The molecule has 0 saturated carbocycles. The van der Waals surface area contributed by atoms with Crippen LogP contribution >= 0.6 is 15.6 Å². The van der Waals surface area contributed by atoms with Crippen LogP contribution in [0.3, 0.4) is 0 Å². The van der Waals surface area contributed by atoms with Crippen molar-refractivity contribution in [2.45, 2.75) is 74.7 Å². The summed E-state index contributed by atoms with van der Waals surface area (Å²) in [5, 5.41) is 14.1. The molecule has 4 aliphatic heterocycles. The number of ketones is 1. The number of aromatic amines is 2. The molecule has 10 N–H and O–H groups in total. The second-order valence-electron chi connectivity index (χ2n) is 16.8. The van der Waals surface area contributed by atoms with Crippen LogP contribution in [0.4, 0.5) is 11.9 Å². The van der Waals surface area contributed by atoms with Crippen molar-refractivity contribution in [3.05, 3.63) is 57.8 Å². The van der Waals surface area contributed by atoms with Gasteiger partial charge in [0.05, 0.1) is 72.1 Å². The van der Waals surface area contributed by atoms with E-state index in [1.54, 1.807) is 6.08 Å². The Morgan fingerprint density at radius 1 is 0.743 bits per heavy atom. The molecule has 0 aromatic carbocycles. The fourth-order valence-electron chi connectivity index (χ4n) is 8.23. The first-order valence-corrected chi connectivity index (χ1v) is 25.9. The van der Waals surface area contributed by atoms with E-state index >= 15 is 0 Å². The SMILES string of the molecule is C=C1C=CC(=O)N1CCC(=O)CCCOCCOCCOCCOCCC(=O)NC1[C@H]2OP(=O)(O)OC[C@H]3O[C@@H](n4cnc5c(=O)[nH]c(N)nc54)C(O)[C@H]3OP(=O)(O)OC[C@H]2O[C@H]1n1cnc2c(=O)[nH]c(N)nc21. The number of nitrogens with zero attached hydrogens (tertiary/aromatic N) is 7. The summed E-state index contributed by atoms with van der Waals surface area (Å²) in [6.07, 6.45) is -5.53. The number of Topliss-reactive ketones (excluding diaryl/α,β-unsaturated/α-hetero) is 1. The van der Waals surface area contributed by atoms with Gasteiger partial charge in [-0.1, -0.05) is 6.58 Å². The fraction of sp³-hybridized carbons (Fsp3) is 0.575. The zero-order chi connectivity index (χ0) is 52.7. The second kappa shape index (κ2) is 23.9. The third-order valence-electron chi connectivity index (χ3n) is 11.7. The minimum absolute atomic E-state index is 0.0262. The van der Waals surface area contributed by atoms with E-state index in [0.717, 1.165) is 17.2 Å². The Bertz CT molecular complexity index is 2930. The van der Waals surface area contributed by atoms with Gasteiger partial charge in [0, 0.05) is 44.2 Å². The number of rotatable bonds is 22. The van der Waals surface area contributed by atoms with Gasteiger partial charge < -0.3 is 65.0 Å². The summed E-state index contributed by atoms with van der Waals surface area (Å²) in [4.78, 5) is 107. The minimum atomic E-state index is -5.27. The van der Waals surface area contributed by atoms with Crippen LogP contribution < -0.4 is 27.9 Å². The van der Waals surface area contributed by atoms with Crippen LogP contribution in [0, 0.1) is 0 Å². The first kappa shape index (κ1) is 54.6. The summed E-state index contributed by atoms with van der Waals surface area (Å²) in [6, 6.07) is -1.48. The van der Waals surface area contributed by atoms with Crippen molar-refractivity contribution < 1.29 is 84.9 Å². The van der Waals surface area contributed by atoms with Crippen LogP contribution in [0.15, 0.2) is 46.7 Å². The third kappa shape index (κ3) is 13.2. The van der Waals surface area contributed by atoms with E-state index in [1.165, 1.54) is 15.5 Å². The number of carbonyl (C=O) groups excluding carboxylic acids is 3. The molecule has 4 aliphatic rings. The van der Waals surface area contributed by atoms with E-state index in [2.05, 4.69) is 41.8 Å². The Morgan fingerprint density at radius 3 is 1.82 bits per heavy atom. The number of carbonyl (C=O) groups is 3. The highest BCUT2D eigenvalue weighted by Gasteiger charge is 2.54.